The maximum Gasteiger partial charge on any atom is 0.174 e. The highest BCUT2D eigenvalue weighted by atomic mass is 16.5. The van der Waals surface area contributed by atoms with Crippen molar-refractivity contribution in [3.8, 4) is 34.1 Å². The molecule has 118 valence electrons. The summed E-state index contributed by atoms with van der Waals surface area (Å²) in [4.78, 5) is 16.6. The summed E-state index contributed by atoms with van der Waals surface area (Å²) in [7, 11) is 0. The fourth-order valence-electron chi connectivity index (χ4n) is 2.86. The summed E-state index contributed by atoms with van der Waals surface area (Å²) in [5, 5.41) is 19.6. The van der Waals surface area contributed by atoms with E-state index < -0.39 is 0 Å². The smallest absolute Gasteiger partial charge is 0.174 e. The number of ether oxygens (including phenoxy) is 1. The summed E-state index contributed by atoms with van der Waals surface area (Å²) in [6, 6.07) is 11.8. The first-order chi connectivity index (χ1) is 11.6. The van der Waals surface area contributed by atoms with Crippen LogP contribution in [-0.2, 0) is 6.42 Å². The molecule has 4 rings (SSSR count). The van der Waals surface area contributed by atoms with E-state index in [1.807, 2.05) is 24.3 Å². The molecule has 0 bridgehead atoms. The Hall–Kier alpha value is -3.34. The van der Waals surface area contributed by atoms with Crippen molar-refractivity contribution in [3.63, 3.8) is 0 Å². The van der Waals surface area contributed by atoms with Crippen molar-refractivity contribution in [2.75, 3.05) is 0 Å². The molecule has 0 spiro atoms. The van der Waals surface area contributed by atoms with Gasteiger partial charge in [-0.05, 0) is 23.8 Å². The Balaban J connectivity index is 1.82. The quantitative estimate of drug-likeness (QED) is 0.715. The molecule has 0 radical (unpaired) electrons. The fraction of sp³-hybridized carbons (Fsp3) is 0.0526. The molecule has 0 fully saturated rings. The Morgan fingerprint density at radius 2 is 1.88 bits per heavy atom. The van der Waals surface area contributed by atoms with Crippen molar-refractivity contribution < 1.29 is 19.7 Å². The van der Waals surface area contributed by atoms with Crippen molar-refractivity contribution >= 4 is 5.78 Å². The second kappa shape index (κ2) is 5.38. The number of hydrogen-bond acceptors (Lipinski definition) is 5. The molecular weight excluding hydrogens is 306 g/mol. The molecule has 0 saturated heterocycles. The van der Waals surface area contributed by atoms with E-state index >= 15 is 0 Å². The number of nitrogens with zero attached hydrogens (tertiary/aromatic N) is 1. The third-order valence-electron chi connectivity index (χ3n) is 3.97. The molecule has 2 N–H and O–H groups in total. The number of benzene rings is 2. The van der Waals surface area contributed by atoms with E-state index in [-0.39, 0.29) is 35.0 Å². The van der Waals surface area contributed by atoms with Gasteiger partial charge in [0.25, 0.3) is 0 Å². The first-order valence-corrected chi connectivity index (χ1v) is 7.42. The van der Waals surface area contributed by atoms with Gasteiger partial charge in [-0.3, -0.25) is 9.78 Å². The highest BCUT2D eigenvalue weighted by molar-refractivity contribution is 6.03. The van der Waals surface area contributed by atoms with Gasteiger partial charge in [0.05, 0.1) is 0 Å². The Morgan fingerprint density at radius 1 is 1.00 bits per heavy atom. The summed E-state index contributed by atoms with van der Waals surface area (Å²) >= 11 is 0. The number of rotatable bonds is 1. The van der Waals surface area contributed by atoms with E-state index in [1.54, 1.807) is 18.5 Å². The lowest BCUT2D eigenvalue weighted by atomic mass is 9.98. The molecule has 1 aromatic heterocycles. The molecule has 5 heteroatoms. The van der Waals surface area contributed by atoms with Crippen molar-refractivity contribution in [1.29, 1.82) is 0 Å². The summed E-state index contributed by atoms with van der Waals surface area (Å²) in [5.74, 6) is -0.0144. The number of ketones is 1. The van der Waals surface area contributed by atoms with Crippen LogP contribution < -0.4 is 4.74 Å². The minimum Gasteiger partial charge on any atom is -0.508 e. The molecule has 5 nitrogen and oxygen atoms in total. The van der Waals surface area contributed by atoms with Gasteiger partial charge in [-0.2, -0.15) is 0 Å². The Kier molecular flexibility index (Phi) is 3.20. The fourth-order valence-corrected chi connectivity index (χ4v) is 2.86. The number of aromatic hydroxyl groups is 2. The maximum absolute atomic E-state index is 12.5. The van der Waals surface area contributed by atoms with Gasteiger partial charge < -0.3 is 14.9 Å². The van der Waals surface area contributed by atoms with Gasteiger partial charge in [0.15, 0.2) is 5.78 Å². The van der Waals surface area contributed by atoms with E-state index in [2.05, 4.69) is 4.98 Å². The number of Topliss-reactive ketones (excluding diaryl/α,β-unsaturated/α-hetero) is 1. The van der Waals surface area contributed by atoms with Crippen LogP contribution in [0, 0.1) is 0 Å². The number of phenols is 2. The van der Waals surface area contributed by atoms with E-state index in [1.165, 1.54) is 6.07 Å². The lowest BCUT2D eigenvalue weighted by Crippen LogP contribution is -2.02. The lowest BCUT2D eigenvalue weighted by molar-refractivity contribution is 0.0991. The molecule has 2 aromatic carbocycles. The molecule has 24 heavy (non-hydrogen) atoms. The van der Waals surface area contributed by atoms with Crippen LogP contribution in [0.15, 0.2) is 54.9 Å². The third kappa shape index (κ3) is 2.36. The minimum absolute atomic E-state index is 0.0897. The van der Waals surface area contributed by atoms with Crippen molar-refractivity contribution in [2.45, 2.75) is 6.42 Å². The standard InChI is InChI=1S/C19H13NO4/c21-14-8-16(23)19-15(22)7-13-6-11(12-2-1-5-20-10-12)3-4-17(13)24-18(19)9-14/h1-6,8-10,21,23H,7H2. The van der Waals surface area contributed by atoms with Crippen LogP contribution in [0.1, 0.15) is 15.9 Å². The second-order valence-electron chi connectivity index (χ2n) is 5.60. The van der Waals surface area contributed by atoms with Crippen LogP contribution in [0.2, 0.25) is 0 Å². The van der Waals surface area contributed by atoms with Crippen molar-refractivity contribution in [2.24, 2.45) is 0 Å². The molecule has 1 aliphatic rings. The second-order valence-corrected chi connectivity index (χ2v) is 5.60. The highest BCUT2D eigenvalue weighted by Crippen LogP contribution is 2.41. The zero-order valence-corrected chi connectivity index (χ0v) is 12.6. The maximum atomic E-state index is 12.5. The zero-order chi connectivity index (χ0) is 16.7. The predicted octanol–water partition coefficient (Wildman–Crippen LogP) is 3.69. The number of aromatic nitrogens is 1. The molecule has 0 aliphatic carbocycles. The number of hydrogen-bond donors (Lipinski definition) is 2. The van der Waals surface area contributed by atoms with Crippen LogP contribution in [0.5, 0.6) is 23.0 Å². The Bertz CT molecular complexity index is 951. The van der Waals surface area contributed by atoms with E-state index in [0.29, 0.717) is 5.75 Å². The van der Waals surface area contributed by atoms with Gasteiger partial charge in [-0.25, -0.2) is 0 Å². The molecule has 1 aliphatic heterocycles. The summed E-state index contributed by atoms with van der Waals surface area (Å²) < 4.78 is 5.77. The van der Waals surface area contributed by atoms with Crippen molar-refractivity contribution in [3.05, 3.63) is 66.0 Å². The van der Waals surface area contributed by atoms with E-state index in [9.17, 15) is 15.0 Å². The largest absolute Gasteiger partial charge is 0.508 e. The van der Waals surface area contributed by atoms with Gasteiger partial charge >= 0.3 is 0 Å². The summed E-state index contributed by atoms with van der Waals surface area (Å²) in [6.07, 6.45) is 3.56. The number of phenolic OH excluding ortho intramolecular Hbond substituents is 2. The molecular formula is C19H13NO4. The normalized spacial score (nSPS) is 12.8. The average Bonchev–Trinajstić information content (AvgIpc) is 2.70. The van der Waals surface area contributed by atoms with Gasteiger partial charge in [-0.15, -0.1) is 0 Å². The topological polar surface area (TPSA) is 79.7 Å². The van der Waals surface area contributed by atoms with Gasteiger partial charge in [-0.1, -0.05) is 12.1 Å². The third-order valence-corrected chi connectivity index (χ3v) is 3.97. The molecule has 0 atom stereocenters. The average molecular weight is 319 g/mol. The van der Waals surface area contributed by atoms with Crippen molar-refractivity contribution in [1.82, 2.24) is 4.98 Å². The number of carbonyl (C=O) groups is 1. The Morgan fingerprint density at radius 3 is 2.67 bits per heavy atom. The first kappa shape index (κ1) is 14.3. The lowest BCUT2D eigenvalue weighted by Gasteiger charge is -2.10. The van der Waals surface area contributed by atoms with Crippen LogP contribution in [0.4, 0.5) is 0 Å². The van der Waals surface area contributed by atoms with Gasteiger partial charge in [0, 0.05) is 42.1 Å². The van der Waals surface area contributed by atoms with E-state index in [0.717, 1.165) is 22.8 Å². The minimum atomic E-state index is -0.282. The van der Waals surface area contributed by atoms with Crippen LogP contribution in [0.25, 0.3) is 11.1 Å². The number of fused-ring (bicyclic) bond motifs is 2. The molecule has 0 saturated carbocycles. The molecule has 3 aromatic rings. The van der Waals surface area contributed by atoms with Crippen LogP contribution >= 0.6 is 0 Å². The van der Waals surface area contributed by atoms with Gasteiger partial charge in [0.1, 0.15) is 28.6 Å². The van der Waals surface area contributed by atoms with Crippen LogP contribution in [-0.4, -0.2) is 21.0 Å². The SMILES string of the molecule is O=C1Cc2cc(-c3cccnc3)ccc2Oc2cc(O)cc(O)c21. The number of pyridine rings is 1. The Labute approximate surface area is 137 Å². The summed E-state index contributed by atoms with van der Waals surface area (Å²) in [6.45, 7) is 0. The first-order valence-electron chi connectivity index (χ1n) is 7.42. The molecule has 0 amide bonds. The monoisotopic (exact) mass is 319 g/mol. The zero-order valence-electron chi connectivity index (χ0n) is 12.6. The highest BCUT2D eigenvalue weighted by Gasteiger charge is 2.25. The van der Waals surface area contributed by atoms with Gasteiger partial charge in [0.2, 0.25) is 0 Å². The molecule has 2 heterocycles. The number of carbonyl (C=O) groups excluding carboxylic acids is 1. The molecule has 0 unspecified atom stereocenters. The van der Waals surface area contributed by atoms with E-state index in [4.69, 9.17) is 4.74 Å². The van der Waals surface area contributed by atoms with Crippen LogP contribution in [0.3, 0.4) is 0 Å². The summed E-state index contributed by atoms with van der Waals surface area (Å²) in [5.41, 5.74) is 2.68. The predicted molar refractivity (Wildman–Crippen MR) is 87.6 cm³/mol.